The predicted octanol–water partition coefficient (Wildman–Crippen LogP) is 3.26. The summed E-state index contributed by atoms with van der Waals surface area (Å²) in [5.74, 6) is 0.324. The third kappa shape index (κ3) is 5.25. The number of halogens is 1. The van der Waals surface area contributed by atoms with Crippen LogP contribution in [0.1, 0.15) is 31.3 Å². The number of carbonyl (C=O) groups excluding carboxylic acids is 2. The van der Waals surface area contributed by atoms with Crippen LogP contribution in [-0.2, 0) is 13.1 Å². The Kier molecular flexibility index (Phi) is 7.32. The molecule has 0 aliphatic heterocycles. The Hall–Kier alpha value is -3.30. The molecule has 1 heterocycles. The SMILES string of the molecule is COc1ccc(OC)c(CNC(=O)c2snc(C(=O)NCc3ccccc3Cl)c2N)c1. The minimum atomic E-state index is -0.484. The third-order valence-corrected chi connectivity index (χ3v) is 5.70. The third-order valence-electron chi connectivity index (χ3n) is 4.47. The number of anilines is 1. The number of nitrogens with zero attached hydrogens (tertiary/aromatic N) is 1. The zero-order chi connectivity index (χ0) is 22.4. The molecular formula is C21H21ClN4O4S. The van der Waals surface area contributed by atoms with Crippen molar-refractivity contribution < 1.29 is 19.1 Å². The molecule has 0 unspecified atom stereocenters. The largest absolute Gasteiger partial charge is 0.497 e. The highest BCUT2D eigenvalue weighted by Gasteiger charge is 2.22. The number of rotatable bonds is 8. The van der Waals surface area contributed by atoms with E-state index in [0.717, 1.165) is 22.7 Å². The molecule has 0 saturated carbocycles. The Morgan fingerprint density at radius 3 is 2.45 bits per heavy atom. The van der Waals surface area contributed by atoms with Gasteiger partial charge in [-0.15, -0.1) is 0 Å². The van der Waals surface area contributed by atoms with Crippen molar-refractivity contribution in [3.8, 4) is 11.5 Å². The van der Waals surface area contributed by atoms with Gasteiger partial charge in [0.1, 0.15) is 16.4 Å². The Bertz CT molecular complexity index is 1100. The maximum Gasteiger partial charge on any atom is 0.273 e. The highest BCUT2D eigenvalue weighted by Crippen LogP contribution is 2.25. The van der Waals surface area contributed by atoms with Crippen LogP contribution >= 0.6 is 23.1 Å². The van der Waals surface area contributed by atoms with Gasteiger partial charge in [-0.1, -0.05) is 29.8 Å². The molecule has 2 aromatic carbocycles. The summed E-state index contributed by atoms with van der Waals surface area (Å²) >= 11 is 6.96. The molecule has 0 fully saturated rings. The van der Waals surface area contributed by atoms with Crippen LogP contribution < -0.4 is 25.8 Å². The first-order valence-electron chi connectivity index (χ1n) is 9.20. The topological polar surface area (TPSA) is 116 Å². The number of methoxy groups -OCH3 is 2. The number of amides is 2. The highest BCUT2D eigenvalue weighted by molar-refractivity contribution is 7.09. The van der Waals surface area contributed by atoms with Crippen molar-refractivity contribution in [2.45, 2.75) is 13.1 Å². The minimum Gasteiger partial charge on any atom is -0.497 e. The molecule has 2 amide bonds. The standard InChI is InChI=1S/C21H21ClN4O4S/c1-29-14-7-8-16(30-2)13(9-14)11-25-21(28)19-17(23)18(26-31-19)20(27)24-10-12-5-3-4-6-15(12)22/h3-9H,10-11,23H2,1-2H3,(H,24,27)(H,25,28). The van der Waals surface area contributed by atoms with E-state index >= 15 is 0 Å². The summed E-state index contributed by atoms with van der Waals surface area (Å²) < 4.78 is 14.6. The average molecular weight is 461 g/mol. The number of ether oxygens (including phenoxy) is 2. The summed E-state index contributed by atoms with van der Waals surface area (Å²) in [6, 6.07) is 12.4. The van der Waals surface area contributed by atoms with Crippen LogP contribution in [0.5, 0.6) is 11.5 Å². The van der Waals surface area contributed by atoms with Gasteiger partial charge in [0.25, 0.3) is 11.8 Å². The van der Waals surface area contributed by atoms with Gasteiger partial charge in [0, 0.05) is 23.7 Å². The predicted molar refractivity (Wildman–Crippen MR) is 120 cm³/mol. The van der Waals surface area contributed by atoms with Crippen LogP contribution in [0.25, 0.3) is 0 Å². The molecule has 0 aliphatic rings. The minimum absolute atomic E-state index is 0.00108. The first-order valence-corrected chi connectivity index (χ1v) is 10.4. The van der Waals surface area contributed by atoms with Gasteiger partial charge < -0.3 is 25.8 Å². The summed E-state index contributed by atoms with van der Waals surface area (Å²) in [5.41, 5.74) is 7.55. The lowest BCUT2D eigenvalue weighted by atomic mass is 10.2. The fourth-order valence-electron chi connectivity index (χ4n) is 2.80. The van der Waals surface area contributed by atoms with Crippen molar-refractivity contribution in [1.82, 2.24) is 15.0 Å². The molecule has 0 radical (unpaired) electrons. The lowest BCUT2D eigenvalue weighted by Crippen LogP contribution is -2.25. The van der Waals surface area contributed by atoms with Crippen molar-refractivity contribution in [2.24, 2.45) is 0 Å². The summed E-state index contributed by atoms with van der Waals surface area (Å²) in [6.07, 6.45) is 0. The Balaban J connectivity index is 1.66. The molecule has 10 heteroatoms. The van der Waals surface area contributed by atoms with Crippen molar-refractivity contribution in [2.75, 3.05) is 20.0 Å². The van der Waals surface area contributed by atoms with E-state index in [9.17, 15) is 9.59 Å². The normalized spacial score (nSPS) is 10.4. The van der Waals surface area contributed by atoms with Crippen LogP contribution in [0.4, 0.5) is 5.69 Å². The second-order valence-corrected chi connectivity index (χ2v) is 7.59. The summed E-state index contributed by atoms with van der Waals surface area (Å²) in [4.78, 5) is 25.2. The molecular weight excluding hydrogens is 440 g/mol. The maximum atomic E-state index is 12.6. The number of hydrogen-bond acceptors (Lipinski definition) is 7. The van der Waals surface area contributed by atoms with Gasteiger partial charge in [0.05, 0.1) is 19.9 Å². The molecule has 0 atom stereocenters. The summed E-state index contributed by atoms with van der Waals surface area (Å²) in [7, 11) is 3.10. The Morgan fingerprint density at radius 2 is 1.74 bits per heavy atom. The van der Waals surface area contributed by atoms with Crippen LogP contribution in [0.15, 0.2) is 42.5 Å². The van der Waals surface area contributed by atoms with Gasteiger partial charge in [-0.2, -0.15) is 4.37 Å². The van der Waals surface area contributed by atoms with Crippen LogP contribution in [0, 0.1) is 0 Å². The smallest absolute Gasteiger partial charge is 0.273 e. The number of carbonyl (C=O) groups is 2. The number of aromatic nitrogens is 1. The fraction of sp³-hybridized carbons (Fsp3) is 0.190. The zero-order valence-corrected chi connectivity index (χ0v) is 18.5. The Labute approximate surface area is 188 Å². The lowest BCUT2D eigenvalue weighted by molar-refractivity contribution is 0.0946. The number of benzene rings is 2. The van der Waals surface area contributed by atoms with E-state index in [2.05, 4.69) is 15.0 Å². The van der Waals surface area contributed by atoms with E-state index in [0.29, 0.717) is 16.5 Å². The van der Waals surface area contributed by atoms with E-state index in [-0.39, 0.29) is 29.3 Å². The second kappa shape index (κ2) is 10.1. The maximum absolute atomic E-state index is 12.6. The average Bonchev–Trinajstić information content (AvgIpc) is 3.17. The molecule has 8 nitrogen and oxygen atoms in total. The molecule has 0 spiro atoms. The van der Waals surface area contributed by atoms with E-state index < -0.39 is 11.8 Å². The lowest BCUT2D eigenvalue weighted by Gasteiger charge is -2.11. The van der Waals surface area contributed by atoms with Gasteiger partial charge in [-0.05, 0) is 41.4 Å². The van der Waals surface area contributed by atoms with Gasteiger partial charge in [-0.25, -0.2) is 0 Å². The molecule has 3 aromatic rings. The highest BCUT2D eigenvalue weighted by atomic mass is 35.5. The molecule has 0 saturated heterocycles. The van der Waals surface area contributed by atoms with E-state index in [1.165, 1.54) is 0 Å². The number of nitrogens with one attached hydrogen (secondary N) is 2. The number of hydrogen-bond donors (Lipinski definition) is 3. The van der Waals surface area contributed by atoms with E-state index in [4.69, 9.17) is 26.8 Å². The second-order valence-electron chi connectivity index (χ2n) is 6.41. The zero-order valence-electron chi connectivity index (χ0n) is 16.9. The van der Waals surface area contributed by atoms with Crippen molar-refractivity contribution in [3.05, 3.63) is 69.2 Å². The summed E-state index contributed by atoms with van der Waals surface area (Å²) in [6.45, 7) is 0.400. The van der Waals surface area contributed by atoms with E-state index in [1.807, 2.05) is 6.07 Å². The van der Waals surface area contributed by atoms with Crippen LogP contribution in [0.3, 0.4) is 0 Å². The number of nitrogen functional groups attached to an aromatic ring is 1. The quantitative estimate of drug-likeness (QED) is 0.475. The first-order chi connectivity index (χ1) is 14.9. The molecule has 4 N–H and O–H groups in total. The van der Waals surface area contributed by atoms with Crippen molar-refractivity contribution in [3.63, 3.8) is 0 Å². The monoisotopic (exact) mass is 460 g/mol. The number of nitrogens with two attached hydrogens (primary N) is 1. The van der Waals surface area contributed by atoms with Gasteiger partial charge in [-0.3, -0.25) is 9.59 Å². The van der Waals surface area contributed by atoms with E-state index in [1.54, 1.807) is 50.6 Å². The molecule has 0 bridgehead atoms. The van der Waals surface area contributed by atoms with Crippen molar-refractivity contribution in [1.29, 1.82) is 0 Å². The van der Waals surface area contributed by atoms with Gasteiger partial charge in [0.2, 0.25) is 0 Å². The fourth-order valence-corrected chi connectivity index (χ4v) is 3.72. The molecule has 1 aromatic heterocycles. The molecule has 0 aliphatic carbocycles. The molecule has 162 valence electrons. The van der Waals surface area contributed by atoms with Crippen molar-refractivity contribution >= 4 is 40.6 Å². The van der Waals surface area contributed by atoms with Gasteiger partial charge in [0.15, 0.2) is 5.69 Å². The molecule has 3 rings (SSSR count). The Morgan fingerprint density at radius 1 is 1.03 bits per heavy atom. The molecule has 31 heavy (non-hydrogen) atoms. The van der Waals surface area contributed by atoms with Crippen LogP contribution in [0.2, 0.25) is 5.02 Å². The first kappa shape index (κ1) is 22.4. The van der Waals surface area contributed by atoms with Crippen LogP contribution in [-0.4, -0.2) is 30.4 Å². The van der Waals surface area contributed by atoms with Gasteiger partial charge >= 0.3 is 0 Å². The summed E-state index contributed by atoms with van der Waals surface area (Å²) in [5, 5.41) is 6.02.